The van der Waals surface area contributed by atoms with E-state index in [1.807, 2.05) is 21.1 Å². The number of carbonyl (C=O) groups excluding carboxylic acids is 2. The average molecular weight is 985 g/mol. The van der Waals surface area contributed by atoms with Crippen molar-refractivity contribution >= 4 is 19.8 Å². The van der Waals surface area contributed by atoms with E-state index >= 15 is 0 Å². The Kier molecular flexibility index (Phi) is 49.8. The number of esters is 2. The Morgan fingerprint density at radius 3 is 1.09 bits per heavy atom. The van der Waals surface area contributed by atoms with Crippen molar-refractivity contribution < 1.29 is 42.1 Å². The Bertz CT molecular complexity index is 1160. The molecular formula is C58H114NO8P. The van der Waals surface area contributed by atoms with Crippen LogP contribution in [0, 0.1) is 0 Å². The van der Waals surface area contributed by atoms with Gasteiger partial charge in [-0.05, 0) is 38.5 Å². The maximum absolute atomic E-state index is 12.7. The average Bonchev–Trinajstić information content (AvgIpc) is 3.30. The zero-order chi connectivity index (χ0) is 49.9. The van der Waals surface area contributed by atoms with Crippen LogP contribution in [-0.4, -0.2) is 70.0 Å². The molecule has 0 saturated carbocycles. The first-order chi connectivity index (χ1) is 33.0. The van der Waals surface area contributed by atoms with Crippen molar-refractivity contribution in [2.75, 3.05) is 47.5 Å². The molecule has 0 amide bonds. The highest BCUT2D eigenvalue weighted by atomic mass is 31.2. The van der Waals surface area contributed by atoms with E-state index in [4.69, 9.17) is 18.5 Å². The number of hydrogen-bond acceptors (Lipinski definition) is 8. The lowest BCUT2D eigenvalue weighted by atomic mass is 10.0. The predicted octanol–water partition coefficient (Wildman–Crippen LogP) is 17.4. The van der Waals surface area contributed by atoms with Gasteiger partial charge in [-0.3, -0.25) is 14.2 Å². The number of phosphoric acid groups is 1. The van der Waals surface area contributed by atoms with Crippen molar-refractivity contribution in [3.63, 3.8) is 0 Å². The largest absolute Gasteiger partial charge is 0.756 e. The van der Waals surface area contributed by atoms with Crippen LogP contribution in [0.5, 0.6) is 0 Å². The Hall–Kier alpha value is -1.25. The molecule has 0 aromatic carbocycles. The predicted molar refractivity (Wildman–Crippen MR) is 287 cm³/mol. The van der Waals surface area contributed by atoms with Crippen LogP contribution in [0.1, 0.15) is 296 Å². The highest BCUT2D eigenvalue weighted by molar-refractivity contribution is 7.45. The maximum Gasteiger partial charge on any atom is 0.306 e. The molecule has 0 radical (unpaired) electrons. The molecule has 0 fully saturated rings. The first-order valence-corrected chi connectivity index (χ1v) is 30.9. The van der Waals surface area contributed by atoms with E-state index in [0.29, 0.717) is 17.4 Å². The van der Waals surface area contributed by atoms with Crippen molar-refractivity contribution in [3.8, 4) is 0 Å². The first-order valence-electron chi connectivity index (χ1n) is 29.4. The molecule has 0 aromatic heterocycles. The smallest absolute Gasteiger partial charge is 0.306 e. The molecule has 10 heteroatoms. The van der Waals surface area contributed by atoms with Gasteiger partial charge in [0.25, 0.3) is 7.82 Å². The minimum absolute atomic E-state index is 0.0264. The van der Waals surface area contributed by atoms with Gasteiger partial charge in [0.1, 0.15) is 19.8 Å². The van der Waals surface area contributed by atoms with Gasteiger partial charge < -0.3 is 27.9 Å². The van der Waals surface area contributed by atoms with Gasteiger partial charge in [-0.25, -0.2) is 0 Å². The molecule has 2 atom stereocenters. The summed E-state index contributed by atoms with van der Waals surface area (Å²) in [5.41, 5.74) is 0. The third-order valence-electron chi connectivity index (χ3n) is 13.3. The summed E-state index contributed by atoms with van der Waals surface area (Å²) in [6, 6.07) is 0. The normalized spacial score (nSPS) is 13.3. The third kappa shape index (κ3) is 54.1. The van der Waals surface area contributed by atoms with Gasteiger partial charge in [0, 0.05) is 12.8 Å². The van der Waals surface area contributed by atoms with E-state index in [2.05, 4.69) is 26.0 Å². The van der Waals surface area contributed by atoms with Crippen LogP contribution in [0.25, 0.3) is 0 Å². The fourth-order valence-electron chi connectivity index (χ4n) is 8.71. The summed E-state index contributed by atoms with van der Waals surface area (Å²) in [6.45, 7) is 4.25. The van der Waals surface area contributed by atoms with Gasteiger partial charge in [0.2, 0.25) is 0 Å². The van der Waals surface area contributed by atoms with Gasteiger partial charge in [-0.2, -0.15) is 0 Å². The second-order valence-corrected chi connectivity index (χ2v) is 22.8. The standard InChI is InChI=1S/C58H114NO8P/c1-6-8-10-12-14-16-17-18-19-20-21-22-23-24-25-26-27-28-29-30-31-32-33-34-35-36-37-38-39-40-41-43-45-47-49-51-58(61)67-56(55-66-68(62,63)65-53-52-59(3,4)5)54-64-57(60)50-48-46-44-42-15-13-11-9-7-2/h20-21,56H,6-19,22-55H2,1-5H3/b21-20-. The van der Waals surface area contributed by atoms with E-state index in [9.17, 15) is 19.0 Å². The SMILES string of the molecule is CCCCCCCCCC/C=C\CCCCCCCCCCCCCCCCCCCCCCCCCC(=O)OC(COC(=O)CCCCCCCCCCC)COP(=O)([O-])OCC[N+](C)(C)C. The van der Waals surface area contributed by atoms with Crippen LogP contribution >= 0.6 is 7.82 Å². The summed E-state index contributed by atoms with van der Waals surface area (Å²) in [6.07, 6.45) is 58.8. The van der Waals surface area contributed by atoms with Crippen molar-refractivity contribution in [1.82, 2.24) is 0 Å². The molecule has 0 rings (SSSR count). The molecule has 0 aliphatic carbocycles. The number of nitrogens with zero attached hydrogens (tertiary/aromatic N) is 1. The number of hydrogen-bond donors (Lipinski definition) is 0. The van der Waals surface area contributed by atoms with Crippen LogP contribution < -0.4 is 4.89 Å². The van der Waals surface area contributed by atoms with Crippen LogP contribution in [0.3, 0.4) is 0 Å². The molecule has 0 N–H and O–H groups in total. The van der Waals surface area contributed by atoms with E-state index < -0.39 is 26.5 Å². The lowest BCUT2D eigenvalue weighted by Crippen LogP contribution is -2.37. The van der Waals surface area contributed by atoms with Gasteiger partial charge in [-0.15, -0.1) is 0 Å². The Morgan fingerprint density at radius 1 is 0.441 bits per heavy atom. The van der Waals surface area contributed by atoms with E-state index in [-0.39, 0.29) is 32.0 Å². The molecule has 0 spiro atoms. The molecular weight excluding hydrogens is 870 g/mol. The lowest BCUT2D eigenvalue weighted by molar-refractivity contribution is -0.870. The minimum Gasteiger partial charge on any atom is -0.756 e. The molecule has 0 aliphatic heterocycles. The molecule has 404 valence electrons. The topological polar surface area (TPSA) is 111 Å². The number of likely N-dealkylation sites (N-methyl/N-ethyl adjacent to an activating group) is 1. The zero-order valence-electron chi connectivity index (χ0n) is 45.8. The van der Waals surface area contributed by atoms with Crippen molar-refractivity contribution in [3.05, 3.63) is 12.2 Å². The Morgan fingerprint density at radius 2 is 0.750 bits per heavy atom. The van der Waals surface area contributed by atoms with E-state index in [1.54, 1.807) is 0 Å². The molecule has 0 bridgehead atoms. The van der Waals surface area contributed by atoms with Crippen LogP contribution in [0.2, 0.25) is 0 Å². The van der Waals surface area contributed by atoms with Gasteiger partial charge in [0.05, 0.1) is 27.7 Å². The zero-order valence-corrected chi connectivity index (χ0v) is 46.7. The van der Waals surface area contributed by atoms with Crippen molar-refractivity contribution in [2.24, 2.45) is 0 Å². The summed E-state index contributed by atoms with van der Waals surface area (Å²) >= 11 is 0. The van der Waals surface area contributed by atoms with Crippen LogP contribution in [0.15, 0.2) is 12.2 Å². The number of quaternary nitrogens is 1. The highest BCUT2D eigenvalue weighted by Gasteiger charge is 2.22. The molecule has 68 heavy (non-hydrogen) atoms. The van der Waals surface area contributed by atoms with Crippen LogP contribution in [-0.2, 0) is 32.7 Å². The monoisotopic (exact) mass is 984 g/mol. The quantitative estimate of drug-likeness (QED) is 0.0195. The summed E-state index contributed by atoms with van der Waals surface area (Å²) in [5.74, 6) is -0.820. The lowest BCUT2D eigenvalue weighted by Gasteiger charge is -2.28. The number of carbonyl (C=O) groups is 2. The molecule has 0 aromatic rings. The minimum atomic E-state index is -4.62. The summed E-state index contributed by atoms with van der Waals surface area (Å²) in [4.78, 5) is 37.6. The number of unbranched alkanes of at least 4 members (excludes halogenated alkanes) is 39. The molecule has 0 heterocycles. The number of phosphoric ester groups is 1. The fourth-order valence-corrected chi connectivity index (χ4v) is 9.44. The summed E-state index contributed by atoms with van der Waals surface area (Å²) in [7, 11) is 1.18. The highest BCUT2D eigenvalue weighted by Crippen LogP contribution is 2.38. The summed E-state index contributed by atoms with van der Waals surface area (Å²) in [5, 5.41) is 0. The number of allylic oxidation sites excluding steroid dienone is 2. The van der Waals surface area contributed by atoms with Crippen LogP contribution in [0.4, 0.5) is 0 Å². The third-order valence-corrected chi connectivity index (χ3v) is 14.2. The number of rotatable bonds is 55. The van der Waals surface area contributed by atoms with Gasteiger partial charge in [0.15, 0.2) is 6.10 Å². The second kappa shape index (κ2) is 50.7. The summed E-state index contributed by atoms with van der Waals surface area (Å²) < 4.78 is 34.0. The van der Waals surface area contributed by atoms with Crippen molar-refractivity contribution in [1.29, 1.82) is 0 Å². The molecule has 0 aliphatic rings. The fraction of sp³-hybridized carbons (Fsp3) is 0.931. The molecule has 9 nitrogen and oxygen atoms in total. The first kappa shape index (κ1) is 66.8. The van der Waals surface area contributed by atoms with Crippen molar-refractivity contribution in [2.45, 2.75) is 302 Å². The Labute approximate surface area is 422 Å². The van der Waals surface area contributed by atoms with E-state index in [1.165, 1.54) is 231 Å². The second-order valence-electron chi connectivity index (χ2n) is 21.4. The van der Waals surface area contributed by atoms with Gasteiger partial charge >= 0.3 is 11.9 Å². The molecule has 2 unspecified atom stereocenters. The molecule has 0 saturated heterocycles. The Balaban J connectivity index is 3.85. The van der Waals surface area contributed by atoms with Gasteiger partial charge in [-0.1, -0.05) is 257 Å². The van der Waals surface area contributed by atoms with E-state index in [0.717, 1.165) is 32.1 Å². The maximum atomic E-state index is 12.7. The number of ether oxygens (including phenoxy) is 2.